The van der Waals surface area contributed by atoms with Gasteiger partial charge in [0.05, 0.1) is 12.4 Å². The van der Waals surface area contributed by atoms with Crippen LogP contribution in [0, 0.1) is 5.92 Å². The second kappa shape index (κ2) is 11.3. The number of unbranched alkanes of at least 4 members (excludes halogenated alkanes) is 1. The molecule has 2 unspecified atom stereocenters. The topological polar surface area (TPSA) is 110 Å². The average Bonchev–Trinajstić information content (AvgIpc) is 2.51. The summed E-state index contributed by atoms with van der Waals surface area (Å²) in [5.41, 5.74) is 0. The Balaban J connectivity index is 4.37. The molecule has 0 spiro atoms. The summed E-state index contributed by atoms with van der Waals surface area (Å²) < 4.78 is 27.9. The summed E-state index contributed by atoms with van der Waals surface area (Å²) in [5, 5.41) is 11.3. The Kier molecular flexibility index (Phi) is 10.6. The molecule has 0 aromatic rings. The maximum atomic E-state index is 11.7. The maximum absolute atomic E-state index is 11.7. The van der Waals surface area contributed by atoms with Crippen molar-refractivity contribution >= 4 is 21.9 Å². The van der Waals surface area contributed by atoms with Crippen LogP contribution in [0.2, 0.25) is 0 Å². The van der Waals surface area contributed by atoms with Crippen molar-refractivity contribution in [1.82, 2.24) is 5.32 Å². The van der Waals surface area contributed by atoms with Crippen molar-refractivity contribution in [1.29, 1.82) is 0 Å². The average molecular weight is 351 g/mol. The van der Waals surface area contributed by atoms with E-state index in [-0.39, 0.29) is 30.5 Å². The molecule has 0 aliphatic rings. The molecule has 0 aromatic carbocycles. The first-order valence-corrected chi connectivity index (χ1v) is 9.94. The van der Waals surface area contributed by atoms with Crippen LogP contribution in [-0.2, 0) is 19.4 Å². The lowest BCUT2D eigenvalue weighted by Crippen LogP contribution is -2.42. The Morgan fingerprint density at radius 2 is 1.83 bits per heavy atom. The van der Waals surface area contributed by atoms with Crippen LogP contribution in [0.5, 0.6) is 0 Å². The highest BCUT2D eigenvalue weighted by atomic mass is 32.2. The van der Waals surface area contributed by atoms with Crippen LogP contribution in [0.15, 0.2) is 0 Å². The zero-order valence-corrected chi connectivity index (χ0v) is 15.0. The highest BCUT2D eigenvalue weighted by Gasteiger charge is 2.23. The number of alkyl carbamates (subject to hydrolysis) is 1. The zero-order chi connectivity index (χ0) is 17.9. The minimum absolute atomic E-state index is 0.0562. The van der Waals surface area contributed by atoms with E-state index in [0.717, 1.165) is 25.7 Å². The normalized spacial score (nSPS) is 14.0. The summed E-state index contributed by atoms with van der Waals surface area (Å²) in [5.74, 6) is -1.36. The van der Waals surface area contributed by atoms with E-state index in [1.54, 1.807) is 0 Å². The van der Waals surface area contributed by atoms with E-state index < -0.39 is 27.9 Å². The van der Waals surface area contributed by atoms with E-state index in [1.807, 2.05) is 6.92 Å². The molecule has 0 bridgehead atoms. The molecule has 136 valence electrons. The Labute approximate surface area is 138 Å². The second-order valence-electron chi connectivity index (χ2n) is 5.58. The molecular formula is C15H29NO6S. The third-order valence-electron chi connectivity index (χ3n) is 3.74. The zero-order valence-electron chi connectivity index (χ0n) is 14.2. The molecule has 7 nitrogen and oxygen atoms in total. The van der Waals surface area contributed by atoms with E-state index in [4.69, 9.17) is 9.84 Å². The SMILES string of the molecule is CCCCC(CC)COC(=O)NC(CCS(=O)(=O)CC)C(=O)O. The van der Waals surface area contributed by atoms with E-state index in [1.165, 1.54) is 6.92 Å². The molecule has 23 heavy (non-hydrogen) atoms. The lowest BCUT2D eigenvalue weighted by atomic mass is 10.0. The van der Waals surface area contributed by atoms with E-state index in [9.17, 15) is 18.0 Å². The number of nitrogens with one attached hydrogen (secondary N) is 1. The number of sulfone groups is 1. The number of ether oxygens (including phenoxy) is 1. The summed E-state index contributed by atoms with van der Waals surface area (Å²) >= 11 is 0. The van der Waals surface area contributed by atoms with Crippen LogP contribution in [0.4, 0.5) is 4.79 Å². The van der Waals surface area contributed by atoms with Gasteiger partial charge in [0.25, 0.3) is 0 Å². The standard InChI is InChI=1S/C15H29NO6S/c1-4-7-8-12(5-2)11-22-15(19)16-13(14(17)18)9-10-23(20,21)6-3/h12-13H,4-11H2,1-3H3,(H,16,19)(H,17,18). The van der Waals surface area contributed by atoms with E-state index >= 15 is 0 Å². The number of hydrogen-bond donors (Lipinski definition) is 2. The molecule has 0 saturated heterocycles. The molecule has 2 N–H and O–H groups in total. The van der Waals surface area contributed by atoms with Crippen molar-refractivity contribution in [2.24, 2.45) is 5.92 Å². The molecular weight excluding hydrogens is 322 g/mol. The second-order valence-corrected chi connectivity index (χ2v) is 8.05. The van der Waals surface area contributed by atoms with Crippen molar-refractivity contribution in [3.63, 3.8) is 0 Å². The van der Waals surface area contributed by atoms with Crippen LogP contribution in [-0.4, -0.2) is 49.7 Å². The van der Waals surface area contributed by atoms with E-state index in [2.05, 4.69) is 12.2 Å². The third-order valence-corrected chi connectivity index (χ3v) is 5.48. The number of carboxylic acids is 1. The van der Waals surface area contributed by atoms with Crippen LogP contribution in [0.25, 0.3) is 0 Å². The van der Waals surface area contributed by atoms with Gasteiger partial charge in [-0.2, -0.15) is 0 Å². The Morgan fingerprint density at radius 1 is 1.17 bits per heavy atom. The first-order chi connectivity index (χ1) is 10.8. The summed E-state index contributed by atoms with van der Waals surface area (Å²) in [6.45, 7) is 5.83. The largest absolute Gasteiger partial charge is 0.480 e. The summed E-state index contributed by atoms with van der Waals surface area (Å²) in [7, 11) is -3.28. The molecule has 1 amide bonds. The molecule has 0 saturated carbocycles. The van der Waals surface area contributed by atoms with Gasteiger partial charge in [0.2, 0.25) is 0 Å². The van der Waals surface area contributed by atoms with Crippen LogP contribution >= 0.6 is 0 Å². The first kappa shape index (κ1) is 21.7. The van der Waals surface area contributed by atoms with Crippen molar-refractivity contribution in [3.8, 4) is 0 Å². The number of carbonyl (C=O) groups excluding carboxylic acids is 1. The molecule has 0 heterocycles. The monoisotopic (exact) mass is 351 g/mol. The number of carboxylic acid groups (broad SMARTS) is 1. The molecule has 0 aromatic heterocycles. The lowest BCUT2D eigenvalue weighted by Gasteiger charge is -2.17. The van der Waals surface area contributed by atoms with Gasteiger partial charge in [0, 0.05) is 5.75 Å². The van der Waals surface area contributed by atoms with Crippen molar-refractivity contribution in [3.05, 3.63) is 0 Å². The summed E-state index contributed by atoms with van der Waals surface area (Å²) in [6, 6.07) is -1.26. The Morgan fingerprint density at radius 3 is 2.30 bits per heavy atom. The molecule has 2 atom stereocenters. The maximum Gasteiger partial charge on any atom is 0.407 e. The predicted octanol–water partition coefficient (Wildman–Crippen LogP) is 2.21. The van der Waals surface area contributed by atoms with Gasteiger partial charge in [-0.3, -0.25) is 0 Å². The van der Waals surface area contributed by atoms with Gasteiger partial charge in [-0.1, -0.05) is 40.0 Å². The molecule has 0 radical (unpaired) electrons. The van der Waals surface area contributed by atoms with E-state index in [0.29, 0.717) is 0 Å². The summed E-state index contributed by atoms with van der Waals surface area (Å²) in [4.78, 5) is 22.8. The number of carbonyl (C=O) groups is 2. The van der Waals surface area contributed by atoms with Crippen molar-refractivity contribution in [2.45, 2.75) is 58.9 Å². The predicted molar refractivity (Wildman–Crippen MR) is 88.2 cm³/mol. The fourth-order valence-corrected chi connectivity index (χ4v) is 2.86. The van der Waals surface area contributed by atoms with Gasteiger partial charge >= 0.3 is 12.1 Å². The number of aliphatic carboxylic acids is 1. The third kappa shape index (κ3) is 10.1. The minimum Gasteiger partial charge on any atom is -0.480 e. The van der Waals surface area contributed by atoms with Crippen molar-refractivity contribution in [2.75, 3.05) is 18.1 Å². The van der Waals surface area contributed by atoms with Gasteiger partial charge in [-0.25, -0.2) is 18.0 Å². The van der Waals surface area contributed by atoms with Crippen LogP contribution in [0.1, 0.15) is 52.9 Å². The van der Waals surface area contributed by atoms with Gasteiger partial charge in [0.15, 0.2) is 0 Å². The van der Waals surface area contributed by atoms with Crippen LogP contribution in [0.3, 0.4) is 0 Å². The van der Waals surface area contributed by atoms with Crippen molar-refractivity contribution < 1.29 is 27.9 Å². The fraction of sp³-hybridized carbons (Fsp3) is 0.867. The van der Waals surface area contributed by atoms with Gasteiger partial charge in [0.1, 0.15) is 15.9 Å². The molecule has 0 aliphatic carbocycles. The van der Waals surface area contributed by atoms with Gasteiger partial charge < -0.3 is 15.2 Å². The number of amides is 1. The first-order valence-electron chi connectivity index (χ1n) is 8.12. The Bertz CT molecular complexity index is 463. The highest BCUT2D eigenvalue weighted by molar-refractivity contribution is 7.91. The smallest absolute Gasteiger partial charge is 0.407 e. The quantitative estimate of drug-likeness (QED) is 0.558. The molecule has 0 rings (SSSR count). The van der Waals surface area contributed by atoms with Gasteiger partial charge in [-0.05, 0) is 18.8 Å². The lowest BCUT2D eigenvalue weighted by molar-refractivity contribution is -0.139. The molecule has 8 heteroatoms. The summed E-state index contributed by atoms with van der Waals surface area (Å²) in [6.07, 6.45) is 2.96. The highest BCUT2D eigenvalue weighted by Crippen LogP contribution is 2.13. The number of hydrogen-bond acceptors (Lipinski definition) is 5. The molecule has 0 fully saturated rings. The van der Waals surface area contributed by atoms with Gasteiger partial charge in [-0.15, -0.1) is 0 Å². The van der Waals surface area contributed by atoms with Crippen LogP contribution < -0.4 is 5.32 Å². The minimum atomic E-state index is -3.28. The molecule has 0 aliphatic heterocycles. The number of rotatable bonds is 12. The fourth-order valence-electron chi connectivity index (χ4n) is 1.97. The Hall–Kier alpha value is -1.31.